The van der Waals surface area contributed by atoms with Crippen LogP contribution in [-0.2, 0) is 6.42 Å². The third kappa shape index (κ3) is 2.46. The molecule has 3 nitrogen and oxygen atoms in total. The second kappa shape index (κ2) is 3.87. The van der Waals surface area contributed by atoms with E-state index in [2.05, 4.69) is 24.2 Å². The van der Waals surface area contributed by atoms with E-state index in [-0.39, 0.29) is 0 Å². The minimum atomic E-state index is 0.656. The zero-order chi connectivity index (χ0) is 9.14. The van der Waals surface area contributed by atoms with Crippen molar-refractivity contribution in [1.82, 2.24) is 4.98 Å². The molecule has 0 atom stereocenters. The Kier molecular flexibility index (Phi) is 3.05. The number of hydrogen-bond donors (Lipinski definition) is 1. The molecule has 1 rings (SSSR count). The fraction of sp³-hybridized carbons (Fsp3) is 0.625. The van der Waals surface area contributed by atoms with E-state index in [1.165, 1.54) is 0 Å². The summed E-state index contributed by atoms with van der Waals surface area (Å²) >= 11 is 1.59. The number of nitrogens with two attached hydrogens (primary N) is 1. The van der Waals surface area contributed by atoms with Gasteiger partial charge in [0.2, 0.25) is 0 Å². The molecule has 0 aliphatic carbocycles. The van der Waals surface area contributed by atoms with Crippen LogP contribution in [0.5, 0.6) is 0 Å². The summed E-state index contributed by atoms with van der Waals surface area (Å²) in [4.78, 5) is 4.37. The van der Waals surface area contributed by atoms with Crippen LogP contribution in [0, 0.1) is 5.92 Å². The fourth-order valence-corrected chi connectivity index (χ4v) is 1.70. The van der Waals surface area contributed by atoms with Crippen molar-refractivity contribution >= 4 is 16.5 Å². The highest BCUT2D eigenvalue weighted by Gasteiger charge is 2.04. The average molecular weight is 185 g/mol. The van der Waals surface area contributed by atoms with E-state index in [0.717, 1.165) is 17.2 Å². The molecule has 4 heteroatoms. The Labute approximate surface area is 77.2 Å². The van der Waals surface area contributed by atoms with Gasteiger partial charge >= 0.3 is 0 Å². The number of hydrogen-bond acceptors (Lipinski definition) is 4. The molecule has 0 fully saturated rings. The molecule has 0 bridgehead atoms. The molecule has 2 N–H and O–H groups in total. The van der Waals surface area contributed by atoms with Crippen LogP contribution >= 0.6 is 11.3 Å². The van der Waals surface area contributed by atoms with Crippen molar-refractivity contribution in [3.8, 4) is 0 Å². The average Bonchev–Trinajstić information content (AvgIpc) is 2.34. The standard InChI is InChI=1S/C8H15N3S/c1-6(2)4-7-5-12-8(10-7)11(3)9/h5-6H,4,9H2,1-3H3. The summed E-state index contributed by atoms with van der Waals surface area (Å²) < 4.78 is 0. The molecule has 0 saturated heterocycles. The molecule has 1 heterocycles. The van der Waals surface area contributed by atoms with Gasteiger partial charge in [-0.1, -0.05) is 13.8 Å². The van der Waals surface area contributed by atoms with Gasteiger partial charge in [-0.25, -0.2) is 10.8 Å². The number of hydrazine groups is 1. The van der Waals surface area contributed by atoms with Gasteiger partial charge in [-0.2, -0.15) is 0 Å². The van der Waals surface area contributed by atoms with Crippen LogP contribution in [0.15, 0.2) is 5.38 Å². The zero-order valence-corrected chi connectivity index (χ0v) is 8.56. The third-order valence-corrected chi connectivity index (χ3v) is 2.44. The minimum Gasteiger partial charge on any atom is -0.289 e. The Morgan fingerprint density at radius 2 is 2.33 bits per heavy atom. The predicted octanol–water partition coefficient (Wildman–Crippen LogP) is 1.65. The molecule has 0 unspecified atom stereocenters. The summed E-state index contributed by atoms with van der Waals surface area (Å²) in [7, 11) is 1.80. The highest BCUT2D eigenvalue weighted by molar-refractivity contribution is 7.13. The van der Waals surface area contributed by atoms with Crippen molar-refractivity contribution in [3.63, 3.8) is 0 Å². The van der Waals surface area contributed by atoms with Crippen molar-refractivity contribution in [3.05, 3.63) is 11.1 Å². The van der Waals surface area contributed by atoms with Crippen LogP contribution in [0.4, 0.5) is 5.13 Å². The van der Waals surface area contributed by atoms with Gasteiger partial charge in [0.15, 0.2) is 5.13 Å². The van der Waals surface area contributed by atoms with Gasteiger partial charge < -0.3 is 0 Å². The smallest absolute Gasteiger partial charge is 0.199 e. The van der Waals surface area contributed by atoms with Crippen molar-refractivity contribution < 1.29 is 0 Å². The first-order chi connectivity index (χ1) is 5.59. The number of nitrogens with zero attached hydrogens (tertiary/aromatic N) is 2. The van der Waals surface area contributed by atoms with Crippen molar-refractivity contribution in [2.45, 2.75) is 20.3 Å². The van der Waals surface area contributed by atoms with Gasteiger partial charge in [-0.3, -0.25) is 5.01 Å². The molecule has 0 spiro atoms. The van der Waals surface area contributed by atoms with E-state index in [0.29, 0.717) is 5.92 Å². The lowest BCUT2D eigenvalue weighted by atomic mass is 10.1. The Balaban J connectivity index is 2.64. The highest BCUT2D eigenvalue weighted by atomic mass is 32.1. The topological polar surface area (TPSA) is 42.1 Å². The van der Waals surface area contributed by atoms with Crippen molar-refractivity contribution in [2.75, 3.05) is 12.1 Å². The Morgan fingerprint density at radius 3 is 2.75 bits per heavy atom. The molecule has 1 aromatic heterocycles. The first-order valence-corrected chi connectivity index (χ1v) is 4.90. The maximum Gasteiger partial charge on any atom is 0.199 e. The minimum absolute atomic E-state index is 0.656. The molecule has 0 saturated carbocycles. The lowest BCUT2D eigenvalue weighted by Gasteiger charge is -2.05. The summed E-state index contributed by atoms with van der Waals surface area (Å²) in [6.45, 7) is 4.37. The van der Waals surface area contributed by atoms with Gasteiger partial charge in [-0.15, -0.1) is 11.3 Å². The lowest BCUT2D eigenvalue weighted by molar-refractivity contribution is 0.637. The molecular formula is C8H15N3S. The van der Waals surface area contributed by atoms with E-state index >= 15 is 0 Å². The molecule has 0 aliphatic rings. The summed E-state index contributed by atoms with van der Waals surface area (Å²) in [5, 5.41) is 4.50. The number of rotatable bonds is 3. The molecule has 0 aliphatic heterocycles. The monoisotopic (exact) mass is 185 g/mol. The third-order valence-electron chi connectivity index (χ3n) is 1.46. The summed E-state index contributed by atoms with van der Waals surface area (Å²) in [5.41, 5.74) is 1.14. The second-order valence-electron chi connectivity index (χ2n) is 3.33. The maximum absolute atomic E-state index is 5.54. The molecular weight excluding hydrogens is 170 g/mol. The van der Waals surface area contributed by atoms with Crippen LogP contribution < -0.4 is 10.9 Å². The maximum atomic E-state index is 5.54. The molecule has 0 amide bonds. The van der Waals surface area contributed by atoms with Crippen LogP contribution in [0.1, 0.15) is 19.5 Å². The van der Waals surface area contributed by atoms with E-state index in [9.17, 15) is 0 Å². The van der Waals surface area contributed by atoms with Crippen molar-refractivity contribution in [2.24, 2.45) is 11.8 Å². The molecule has 0 radical (unpaired) electrons. The van der Waals surface area contributed by atoms with Crippen LogP contribution in [0.25, 0.3) is 0 Å². The number of thiazole rings is 1. The molecule has 0 aromatic carbocycles. The summed E-state index contributed by atoms with van der Waals surface area (Å²) in [5.74, 6) is 6.19. The predicted molar refractivity (Wildman–Crippen MR) is 53.2 cm³/mol. The van der Waals surface area contributed by atoms with Crippen LogP contribution in [0.2, 0.25) is 0 Å². The van der Waals surface area contributed by atoms with Gasteiger partial charge in [0, 0.05) is 12.4 Å². The van der Waals surface area contributed by atoms with Gasteiger partial charge in [0.05, 0.1) is 5.69 Å². The molecule has 68 valence electrons. The SMILES string of the molecule is CC(C)Cc1csc(N(C)N)n1. The normalized spacial score (nSPS) is 10.8. The van der Waals surface area contributed by atoms with Gasteiger partial charge in [0.25, 0.3) is 0 Å². The molecule has 12 heavy (non-hydrogen) atoms. The van der Waals surface area contributed by atoms with E-state index in [4.69, 9.17) is 5.84 Å². The summed E-state index contributed by atoms with van der Waals surface area (Å²) in [6.07, 6.45) is 1.03. The van der Waals surface area contributed by atoms with E-state index in [1.807, 2.05) is 0 Å². The van der Waals surface area contributed by atoms with E-state index in [1.54, 1.807) is 23.4 Å². The lowest BCUT2D eigenvalue weighted by Crippen LogP contribution is -2.24. The van der Waals surface area contributed by atoms with Crippen LogP contribution in [0.3, 0.4) is 0 Å². The number of anilines is 1. The van der Waals surface area contributed by atoms with Gasteiger partial charge in [-0.05, 0) is 12.3 Å². The van der Waals surface area contributed by atoms with Crippen molar-refractivity contribution in [1.29, 1.82) is 0 Å². The fourth-order valence-electron chi connectivity index (χ4n) is 0.970. The molecule has 1 aromatic rings. The number of aromatic nitrogens is 1. The van der Waals surface area contributed by atoms with Crippen LogP contribution in [-0.4, -0.2) is 12.0 Å². The first kappa shape index (κ1) is 9.48. The van der Waals surface area contributed by atoms with E-state index < -0.39 is 0 Å². The Hall–Kier alpha value is -0.610. The zero-order valence-electron chi connectivity index (χ0n) is 7.74. The summed E-state index contributed by atoms with van der Waals surface area (Å²) in [6, 6.07) is 0. The van der Waals surface area contributed by atoms with Gasteiger partial charge in [0.1, 0.15) is 0 Å². The largest absolute Gasteiger partial charge is 0.289 e. The Morgan fingerprint density at radius 1 is 1.67 bits per heavy atom. The Bertz CT molecular complexity index is 242. The second-order valence-corrected chi connectivity index (χ2v) is 4.17. The first-order valence-electron chi connectivity index (χ1n) is 4.02. The quantitative estimate of drug-likeness (QED) is 0.575. The highest BCUT2D eigenvalue weighted by Crippen LogP contribution is 2.18.